The molecule has 0 spiro atoms. The van der Waals surface area contributed by atoms with Crippen LogP contribution in [0.2, 0.25) is 0 Å². The first kappa shape index (κ1) is 26.5. The summed E-state index contributed by atoms with van der Waals surface area (Å²) in [4.78, 5) is 23.3. The molecule has 3 aromatic carbocycles. The second-order valence-electron chi connectivity index (χ2n) is 9.88. The Morgan fingerprint density at radius 2 is 1.54 bits per heavy atom. The van der Waals surface area contributed by atoms with Crippen LogP contribution in [0.1, 0.15) is 35.8 Å². The van der Waals surface area contributed by atoms with E-state index in [9.17, 15) is 4.79 Å². The first-order chi connectivity index (χ1) is 20.0. The lowest BCUT2D eigenvalue weighted by Crippen LogP contribution is -2.35. The number of aromatic amines is 1. The monoisotopic (exact) mass is 553 g/mol. The number of aromatic nitrogens is 4. The van der Waals surface area contributed by atoms with Crippen molar-refractivity contribution < 1.29 is 18.9 Å². The number of hydrogen-bond donors (Lipinski definition) is 2. The van der Waals surface area contributed by atoms with E-state index >= 15 is 0 Å². The number of benzene rings is 3. The van der Waals surface area contributed by atoms with Crippen LogP contribution in [0.5, 0.6) is 11.5 Å². The van der Waals surface area contributed by atoms with Crippen LogP contribution < -0.4 is 20.8 Å². The highest BCUT2D eigenvalue weighted by Crippen LogP contribution is 2.42. The summed E-state index contributed by atoms with van der Waals surface area (Å²) in [6.07, 6.45) is 2.46. The Labute approximate surface area is 236 Å². The molecule has 0 bridgehead atoms. The van der Waals surface area contributed by atoms with Gasteiger partial charge in [-0.05, 0) is 53.8 Å². The van der Waals surface area contributed by atoms with E-state index in [1.54, 1.807) is 25.1 Å². The molecule has 1 aliphatic heterocycles. The van der Waals surface area contributed by atoms with Gasteiger partial charge in [0.1, 0.15) is 23.3 Å². The Morgan fingerprint density at radius 1 is 0.927 bits per heavy atom. The summed E-state index contributed by atoms with van der Waals surface area (Å²) in [5.41, 5.74) is 7.97. The van der Waals surface area contributed by atoms with E-state index in [-0.39, 0.29) is 29.4 Å². The van der Waals surface area contributed by atoms with Gasteiger partial charge in [0.2, 0.25) is 5.95 Å². The van der Waals surface area contributed by atoms with Gasteiger partial charge in [-0.2, -0.15) is 4.98 Å². The first-order valence-electron chi connectivity index (χ1n) is 13.4. The van der Waals surface area contributed by atoms with Crippen LogP contribution in [-0.4, -0.2) is 46.4 Å². The number of rotatable bonds is 9. The highest BCUT2D eigenvalue weighted by Gasteiger charge is 2.40. The molecule has 6 rings (SSSR count). The molecule has 0 amide bonds. The number of nitrogens with one attached hydrogen (secondary N) is 1. The molecule has 2 atom stereocenters. The smallest absolute Gasteiger partial charge is 0.280 e. The topological polar surface area (TPSA) is 127 Å². The molecule has 0 aliphatic carbocycles. The molecule has 0 radical (unpaired) electrons. The van der Waals surface area contributed by atoms with Gasteiger partial charge in [0.05, 0.1) is 33.3 Å². The molecular weight excluding hydrogens is 522 g/mol. The first-order valence-corrected chi connectivity index (χ1v) is 13.4. The van der Waals surface area contributed by atoms with Crippen LogP contribution in [-0.2, 0) is 15.1 Å². The molecular formula is C31H31N5O5. The van der Waals surface area contributed by atoms with Crippen molar-refractivity contribution in [2.45, 2.75) is 30.8 Å². The number of anilines is 1. The molecule has 10 heteroatoms. The normalized spacial score (nSPS) is 17.1. The highest BCUT2D eigenvalue weighted by atomic mass is 16.6. The third-order valence-corrected chi connectivity index (χ3v) is 7.51. The van der Waals surface area contributed by atoms with Crippen LogP contribution in [0.4, 0.5) is 5.95 Å². The van der Waals surface area contributed by atoms with Crippen LogP contribution in [0.15, 0.2) is 90.0 Å². The van der Waals surface area contributed by atoms with Crippen molar-refractivity contribution in [3.8, 4) is 11.5 Å². The zero-order valence-electron chi connectivity index (χ0n) is 22.8. The molecule has 1 aliphatic rings. The van der Waals surface area contributed by atoms with Crippen molar-refractivity contribution in [2.75, 3.05) is 26.6 Å². The Hall–Kier alpha value is -4.67. The van der Waals surface area contributed by atoms with Gasteiger partial charge < -0.3 is 24.7 Å². The fourth-order valence-corrected chi connectivity index (χ4v) is 5.46. The lowest BCUT2D eigenvalue weighted by molar-refractivity contribution is -0.0756. The van der Waals surface area contributed by atoms with Gasteiger partial charge in [-0.3, -0.25) is 14.3 Å². The lowest BCUT2D eigenvalue weighted by Gasteiger charge is -2.37. The van der Waals surface area contributed by atoms with Crippen LogP contribution in [0.25, 0.3) is 11.2 Å². The third-order valence-electron chi connectivity index (χ3n) is 7.51. The van der Waals surface area contributed by atoms with E-state index in [0.717, 1.165) is 34.6 Å². The van der Waals surface area contributed by atoms with Crippen molar-refractivity contribution in [3.63, 3.8) is 0 Å². The van der Waals surface area contributed by atoms with Crippen molar-refractivity contribution in [1.82, 2.24) is 19.5 Å². The Bertz CT molecular complexity index is 1640. The Morgan fingerprint density at radius 3 is 2.15 bits per heavy atom. The van der Waals surface area contributed by atoms with Gasteiger partial charge in [-0.1, -0.05) is 54.6 Å². The third kappa shape index (κ3) is 4.92. The summed E-state index contributed by atoms with van der Waals surface area (Å²) >= 11 is 0. The van der Waals surface area contributed by atoms with Crippen molar-refractivity contribution in [2.24, 2.45) is 0 Å². The average Bonchev–Trinajstić information content (AvgIpc) is 3.66. The minimum absolute atomic E-state index is 0.0359. The number of ether oxygens (including phenoxy) is 4. The molecule has 1 fully saturated rings. The van der Waals surface area contributed by atoms with Gasteiger partial charge in [-0.15, -0.1) is 0 Å². The Balaban J connectivity index is 1.35. The molecule has 5 aromatic rings. The maximum Gasteiger partial charge on any atom is 0.280 e. The average molecular weight is 554 g/mol. The summed E-state index contributed by atoms with van der Waals surface area (Å²) in [6, 6.07) is 26.0. The second kappa shape index (κ2) is 11.1. The summed E-state index contributed by atoms with van der Waals surface area (Å²) in [5, 5.41) is 0. The number of fused-ring (bicyclic) bond motifs is 1. The number of nitrogen functional groups attached to an aromatic ring is 1. The number of imidazole rings is 1. The molecule has 3 N–H and O–H groups in total. The minimum Gasteiger partial charge on any atom is -0.497 e. The number of nitrogens with zero attached hydrogens (tertiary/aromatic N) is 3. The van der Waals surface area contributed by atoms with E-state index < -0.39 is 5.60 Å². The zero-order valence-corrected chi connectivity index (χ0v) is 22.8. The summed E-state index contributed by atoms with van der Waals surface area (Å²) in [6.45, 7) is 0.312. The van der Waals surface area contributed by atoms with Gasteiger partial charge >= 0.3 is 0 Å². The van der Waals surface area contributed by atoms with Crippen LogP contribution >= 0.6 is 0 Å². The van der Waals surface area contributed by atoms with Crippen molar-refractivity contribution in [3.05, 3.63) is 112 Å². The zero-order chi connectivity index (χ0) is 28.4. The molecule has 3 heterocycles. The molecule has 1 saturated heterocycles. The van der Waals surface area contributed by atoms with Crippen LogP contribution in [0, 0.1) is 0 Å². The molecule has 210 valence electrons. The van der Waals surface area contributed by atoms with E-state index in [1.807, 2.05) is 66.7 Å². The van der Waals surface area contributed by atoms with Gasteiger partial charge in [0, 0.05) is 0 Å². The molecule has 2 aromatic heterocycles. The summed E-state index contributed by atoms with van der Waals surface area (Å²) in [5.74, 6) is 1.55. The Kier molecular flexibility index (Phi) is 7.17. The predicted octanol–water partition coefficient (Wildman–Crippen LogP) is 4.41. The van der Waals surface area contributed by atoms with E-state index in [1.165, 1.54) is 0 Å². The second-order valence-corrected chi connectivity index (χ2v) is 9.88. The van der Waals surface area contributed by atoms with Crippen molar-refractivity contribution >= 4 is 17.1 Å². The van der Waals surface area contributed by atoms with Gasteiger partial charge in [0.25, 0.3) is 5.56 Å². The molecule has 41 heavy (non-hydrogen) atoms. The molecule has 0 saturated carbocycles. The number of methoxy groups -OCH3 is 2. The predicted molar refractivity (Wildman–Crippen MR) is 154 cm³/mol. The number of H-pyrrole nitrogens is 1. The van der Waals surface area contributed by atoms with Crippen molar-refractivity contribution in [1.29, 1.82) is 0 Å². The van der Waals surface area contributed by atoms with E-state index in [0.29, 0.717) is 18.7 Å². The van der Waals surface area contributed by atoms with E-state index in [4.69, 9.17) is 24.7 Å². The maximum atomic E-state index is 12.3. The summed E-state index contributed by atoms with van der Waals surface area (Å²) in [7, 11) is 3.30. The fourth-order valence-electron chi connectivity index (χ4n) is 5.46. The number of hydrogen-bond acceptors (Lipinski definition) is 8. The number of nitrogens with two attached hydrogens (primary N) is 1. The van der Waals surface area contributed by atoms with E-state index in [2.05, 4.69) is 27.1 Å². The van der Waals surface area contributed by atoms with Gasteiger partial charge in [0.15, 0.2) is 11.2 Å². The maximum absolute atomic E-state index is 12.3. The standard InChI is InChI=1S/C31H31N5O5/c1-38-23-12-8-21(9-13-23)31(20-6-4-3-5-7-20,22-10-14-24(39-2)15-11-22)40-18-25-16-17-26(41-25)36-19-33-27-28(36)34-30(32)35-29(27)37/h3-15,19,25-26H,16-18H2,1-2H3,(H3,32,34,35,37)/t25-,26-/m1/s1. The molecule has 0 unspecified atom stereocenters. The highest BCUT2D eigenvalue weighted by molar-refractivity contribution is 5.70. The summed E-state index contributed by atoms with van der Waals surface area (Å²) < 4.78 is 26.1. The minimum atomic E-state index is -0.938. The SMILES string of the molecule is COc1ccc(C(OC[C@H]2CC[C@H](n3cnc4c(=O)[nH]c(N)nc43)O2)(c2ccccc2)c2ccc(OC)cc2)cc1. The van der Waals surface area contributed by atoms with Gasteiger partial charge in [-0.25, -0.2) is 4.98 Å². The van der Waals surface area contributed by atoms with Crippen LogP contribution in [0.3, 0.4) is 0 Å². The fraction of sp³-hybridized carbons (Fsp3) is 0.258. The lowest BCUT2D eigenvalue weighted by atomic mass is 9.80. The largest absolute Gasteiger partial charge is 0.497 e. The quantitative estimate of drug-likeness (QED) is 0.257. The molecule has 10 nitrogen and oxygen atoms in total.